The van der Waals surface area contributed by atoms with Gasteiger partial charge in [-0.1, -0.05) is 32.0 Å². The predicted molar refractivity (Wildman–Crippen MR) is 87.6 cm³/mol. The summed E-state index contributed by atoms with van der Waals surface area (Å²) < 4.78 is 33.8. The van der Waals surface area contributed by atoms with Crippen molar-refractivity contribution in [3.63, 3.8) is 0 Å². The molecule has 0 bridgehead atoms. The third-order valence-electron chi connectivity index (χ3n) is 3.28. The van der Waals surface area contributed by atoms with Crippen LogP contribution in [0.2, 0.25) is 0 Å². The zero-order valence-corrected chi connectivity index (χ0v) is 14.4. The minimum Gasteiger partial charge on any atom is -0.435 e. The van der Waals surface area contributed by atoms with Crippen molar-refractivity contribution in [1.82, 2.24) is 10.1 Å². The summed E-state index contributed by atoms with van der Waals surface area (Å²) in [6.07, 6.45) is 1.27. The van der Waals surface area contributed by atoms with Crippen molar-refractivity contribution in [3.05, 3.63) is 36.0 Å². The third kappa shape index (κ3) is 6.13. The molecule has 6 nitrogen and oxygen atoms in total. The highest BCUT2D eigenvalue weighted by atomic mass is 19.3. The Bertz CT molecular complexity index is 711. The van der Waals surface area contributed by atoms with Crippen LogP contribution < -0.4 is 10.1 Å². The maximum Gasteiger partial charge on any atom is 0.387 e. The fraction of sp³-hybridized carbons (Fsp3) is 0.471. The number of benzene rings is 1. The lowest BCUT2D eigenvalue weighted by Gasteiger charge is -2.10. The molecule has 0 aliphatic heterocycles. The van der Waals surface area contributed by atoms with Gasteiger partial charge in [-0.25, -0.2) is 0 Å². The van der Waals surface area contributed by atoms with Crippen molar-refractivity contribution in [2.24, 2.45) is 0 Å². The van der Waals surface area contributed by atoms with Crippen molar-refractivity contribution in [2.45, 2.75) is 52.1 Å². The largest absolute Gasteiger partial charge is 0.435 e. The summed E-state index contributed by atoms with van der Waals surface area (Å²) in [5.74, 6) is 0.881. The van der Waals surface area contributed by atoms with Crippen LogP contribution in [-0.2, 0) is 16.6 Å². The molecule has 1 heterocycles. The molecule has 136 valence electrons. The number of amides is 1. The predicted octanol–water partition coefficient (Wildman–Crippen LogP) is 3.93. The molecule has 0 unspecified atom stereocenters. The van der Waals surface area contributed by atoms with E-state index in [-0.39, 0.29) is 23.5 Å². The number of nitrogens with zero attached hydrogens (tertiary/aromatic N) is 2. The Morgan fingerprint density at radius 1 is 1.36 bits per heavy atom. The summed E-state index contributed by atoms with van der Waals surface area (Å²) in [5, 5.41) is 6.57. The molecule has 1 amide bonds. The van der Waals surface area contributed by atoms with Gasteiger partial charge in [0, 0.05) is 30.0 Å². The van der Waals surface area contributed by atoms with Gasteiger partial charge in [-0.3, -0.25) is 4.79 Å². The molecule has 0 aliphatic carbocycles. The first-order valence-electron chi connectivity index (χ1n) is 7.92. The first-order chi connectivity index (χ1) is 11.7. The molecule has 0 fully saturated rings. The lowest BCUT2D eigenvalue weighted by Crippen LogP contribution is -2.13. The fourth-order valence-electron chi connectivity index (χ4n) is 2.03. The molecule has 0 saturated carbocycles. The standard InChI is InChI=1S/C17H21F2N3O3/c1-17(2,3)15-21-14(25-22-15)9-5-8-13(23)20-11-6-4-7-12(10-11)24-16(18)19/h4,6-7,10,16H,5,8-9H2,1-3H3,(H,20,23). The maximum atomic E-state index is 12.2. The zero-order chi connectivity index (χ0) is 18.4. The number of halogens is 2. The molecule has 2 rings (SSSR count). The number of hydrogen-bond donors (Lipinski definition) is 1. The van der Waals surface area contributed by atoms with Crippen LogP contribution in [0.15, 0.2) is 28.8 Å². The molecule has 1 aromatic heterocycles. The topological polar surface area (TPSA) is 77.2 Å². The van der Waals surface area contributed by atoms with E-state index in [9.17, 15) is 13.6 Å². The Labute approximate surface area is 144 Å². The van der Waals surface area contributed by atoms with Crippen molar-refractivity contribution in [1.29, 1.82) is 0 Å². The molecule has 0 spiro atoms. The van der Waals surface area contributed by atoms with Crippen LogP contribution in [0.3, 0.4) is 0 Å². The van der Waals surface area contributed by atoms with Gasteiger partial charge in [-0.15, -0.1) is 0 Å². The van der Waals surface area contributed by atoms with Gasteiger partial charge >= 0.3 is 6.61 Å². The second kappa shape index (κ2) is 8.04. The number of rotatable bonds is 7. The summed E-state index contributed by atoms with van der Waals surface area (Å²) in [5.41, 5.74) is 0.209. The Morgan fingerprint density at radius 2 is 2.12 bits per heavy atom. The molecule has 0 saturated heterocycles. The minimum absolute atomic E-state index is 0.00614. The first kappa shape index (κ1) is 18.8. The number of hydrogen-bond acceptors (Lipinski definition) is 5. The van der Waals surface area contributed by atoms with Gasteiger partial charge < -0.3 is 14.6 Å². The first-order valence-corrected chi connectivity index (χ1v) is 7.92. The lowest BCUT2D eigenvalue weighted by molar-refractivity contribution is -0.116. The zero-order valence-electron chi connectivity index (χ0n) is 14.4. The van der Waals surface area contributed by atoms with Gasteiger partial charge in [0.05, 0.1) is 0 Å². The third-order valence-corrected chi connectivity index (χ3v) is 3.28. The van der Waals surface area contributed by atoms with Crippen molar-refractivity contribution < 1.29 is 22.8 Å². The van der Waals surface area contributed by atoms with E-state index >= 15 is 0 Å². The van der Waals surface area contributed by atoms with Crippen LogP contribution in [0.25, 0.3) is 0 Å². The normalized spacial score (nSPS) is 11.6. The lowest BCUT2D eigenvalue weighted by atomic mass is 9.96. The second-order valence-electron chi connectivity index (χ2n) is 6.57. The van der Waals surface area contributed by atoms with E-state index in [1.165, 1.54) is 18.2 Å². The molecule has 8 heteroatoms. The molecular weight excluding hydrogens is 332 g/mol. The average molecular weight is 353 g/mol. The fourth-order valence-corrected chi connectivity index (χ4v) is 2.03. The van der Waals surface area contributed by atoms with Crippen molar-refractivity contribution in [3.8, 4) is 5.75 Å². The molecule has 25 heavy (non-hydrogen) atoms. The van der Waals surface area contributed by atoms with E-state index in [0.29, 0.717) is 30.2 Å². The van der Waals surface area contributed by atoms with Crippen LogP contribution in [-0.4, -0.2) is 22.7 Å². The van der Waals surface area contributed by atoms with E-state index in [1.807, 2.05) is 20.8 Å². The van der Waals surface area contributed by atoms with Gasteiger partial charge in [0.15, 0.2) is 5.82 Å². The van der Waals surface area contributed by atoms with Gasteiger partial charge in [0.1, 0.15) is 5.75 Å². The quantitative estimate of drug-likeness (QED) is 0.816. The van der Waals surface area contributed by atoms with E-state index in [4.69, 9.17) is 4.52 Å². The highest BCUT2D eigenvalue weighted by molar-refractivity contribution is 5.90. The summed E-state index contributed by atoms with van der Waals surface area (Å²) in [4.78, 5) is 16.2. The highest BCUT2D eigenvalue weighted by Crippen LogP contribution is 2.20. The number of ether oxygens (including phenoxy) is 1. The van der Waals surface area contributed by atoms with E-state index in [1.54, 1.807) is 6.07 Å². The second-order valence-corrected chi connectivity index (χ2v) is 6.57. The monoisotopic (exact) mass is 353 g/mol. The molecule has 0 atom stereocenters. The van der Waals surface area contributed by atoms with Crippen LogP contribution >= 0.6 is 0 Å². The summed E-state index contributed by atoms with van der Waals surface area (Å²) in [6.45, 7) is 3.06. The molecule has 1 N–H and O–H groups in total. The van der Waals surface area contributed by atoms with Crippen molar-refractivity contribution >= 4 is 11.6 Å². The Morgan fingerprint density at radius 3 is 2.76 bits per heavy atom. The van der Waals surface area contributed by atoms with E-state index in [2.05, 4.69) is 20.2 Å². The molecule has 0 aliphatic rings. The van der Waals surface area contributed by atoms with E-state index in [0.717, 1.165) is 0 Å². The number of nitrogens with one attached hydrogen (secondary N) is 1. The van der Waals surface area contributed by atoms with Gasteiger partial charge in [-0.05, 0) is 18.6 Å². The Kier molecular flexibility index (Phi) is 6.06. The SMILES string of the molecule is CC(C)(C)c1noc(CCCC(=O)Nc2cccc(OC(F)F)c2)n1. The number of aryl methyl sites for hydroxylation is 1. The van der Waals surface area contributed by atoms with Crippen LogP contribution in [0.4, 0.5) is 14.5 Å². The highest BCUT2D eigenvalue weighted by Gasteiger charge is 2.20. The van der Waals surface area contributed by atoms with Gasteiger partial charge in [-0.2, -0.15) is 13.8 Å². The van der Waals surface area contributed by atoms with Crippen LogP contribution in [0, 0.1) is 0 Å². The van der Waals surface area contributed by atoms with Gasteiger partial charge in [0.25, 0.3) is 0 Å². The Hall–Kier alpha value is -2.51. The molecule has 0 radical (unpaired) electrons. The minimum atomic E-state index is -2.90. The van der Waals surface area contributed by atoms with Crippen LogP contribution in [0.5, 0.6) is 5.75 Å². The number of anilines is 1. The summed E-state index contributed by atoms with van der Waals surface area (Å²) in [6, 6.07) is 5.87. The Balaban J connectivity index is 1.80. The summed E-state index contributed by atoms with van der Waals surface area (Å²) in [7, 11) is 0. The van der Waals surface area contributed by atoms with Crippen molar-refractivity contribution in [2.75, 3.05) is 5.32 Å². The van der Waals surface area contributed by atoms with E-state index < -0.39 is 6.61 Å². The molecular formula is C17H21F2N3O3. The summed E-state index contributed by atoms with van der Waals surface area (Å²) >= 11 is 0. The number of alkyl halides is 2. The molecule has 1 aromatic carbocycles. The van der Waals surface area contributed by atoms with Crippen LogP contribution in [0.1, 0.15) is 45.3 Å². The number of aromatic nitrogens is 2. The number of carbonyl (C=O) groups excluding carboxylic acids is 1. The molecule has 2 aromatic rings. The average Bonchev–Trinajstić information content (AvgIpc) is 2.96. The smallest absolute Gasteiger partial charge is 0.387 e. The van der Waals surface area contributed by atoms with Gasteiger partial charge in [0.2, 0.25) is 11.8 Å². The number of carbonyl (C=O) groups is 1. The maximum absolute atomic E-state index is 12.2.